The van der Waals surface area contributed by atoms with E-state index in [0.29, 0.717) is 6.42 Å². The van der Waals surface area contributed by atoms with Crippen LogP contribution in [-0.4, -0.2) is 16.9 Å². The van der Waals surface area contributed by atoms with Crippen molar-refractivity contribution in [1.29, 1.82) is 0 Å². The van der Waals surface area contributed by atoms with E-state index < -0.39 is 0 Å². The Balaban J connectivity index is 2.23. The molecule has 2 rings (SSSR count). The fourth-order valence-corrected chi connectivity index (χ4v) is 2.08. The third kappa shape index (κ3) is 1.87. The van der Waals surface area contributed by atoms with Crippen LogP contribution >= 0.6 is 0 Å². The van der Waals surface area contributed by atoms with Crippen molar-refractivity contribution in [2.75, 3.05) is 0 Å². The number of nitrogens with zero attached hydrogens (tertiary/aromatic N) is 1. The summed E-state index contributed by atoms with van der Waals surface area (Å²) < 4.78 is 0. The van der Waals surface area contributed by atoms with Crippen molar-refractivity contribution < 1.29 is 4.79 Å². The van der Waals surface area contributed by atoms with Crippen molar-refractivity contribution in [3.05, 3.63) is 30.1 Å². The summed E-state index contributed by atoms with van der Waals surface area (Å²) in [6.07, 6.45) is 3.34. The molecule has 3 nitrogen and oxygen atoms in total. The summed E-state index contributed by atoms with van der Waals surface area (Å²) in [7, 11) is 0. The minimum absolute atomic E-state index is 0.0899. The van der Waals surface area contributed by atoms with Gasteiger partial charge in [0.05, 0.1) is 0 Å². The highest BCUT2D eigenvalue weighted by Crippen LogP contribution is 2.30. The van der Waals surface area contributed by atoms with Crippen molar-refractivity contribution in [1.82, 2.24) is 10.3 Å². The molecular formula is C12H16N2O. The monoisotopic (exact) mass is 204 g/mol. The zero-order valence-electron chi connectivity index (χ0n) is 9.16. The van der Waals surface area contributed by atoms with Gasteiger partial charge >= 0.3 is 0 Å². The predicted molar refractivity (Wildman–Crippen MR) is 58.4 cm³/mol. The van der Waals surface area contributed by atoms with Crippen LogP contribution in [0.3, 0.4) is 0 Å². The summed E-state index contributed by atoms with van der Waals surface area (Å²) in [5.41, 5.74) is 0.949. The van der Waals surface area contributed by atoms with Gasteiger partial charge in [-0.2, -0.15) is 0 Å². The molecule has 1 saturated heterocycles. The molecule has 0 spiro atoms. The van der Waals surface area contributed by atoms with Crippen LogP contribution < -0.4 is 5.32 Å². The van der Waals surface area contributed by atoms with Crippen LogP contribution in [0.5, 0.6) is 0 Å². The normalized spacial score (nSPS) is 21.5. The molecule has 2 heterocycles. The Bertz CT molecular complexity index is 359. The average molecular weight is 204 g/mol. The van der Waals surface area contributed by atoms with Crippen LogP contribution in [0.1, 0.15) is 32.4 Å². The largest absolute Gasteiger partial charge is 0.352 e. The number of rotatable bonds is 2. The molecule has 3 heteroatoms. The highest BCUT2D eigenvalue weighted by molar-refractivity contribution is 5.78. The average Bonchev–Trinajstić information content (AvgIpc) is 2.67. The van der Waals surface area contributed by atoms with E-state index in [-0.39, 0.29) is 17.4 Å². The molecule has 0 radical (unpaired) electrons. The number of aromatic nitrogens is 1. The fourth-order valence-electron chi connectivity index (χ4n) is 2.08. The summed E-state index contributed by atoms with van der Waals surface area (Å²) in [6, 6.07) is 6.12. The Labute approximate surface area is 89.9 Å². The zero-order valence-corrected chi connectivity index (χ0v) is 9.16. The second-order valence-electron chi connectivity index (χ2n) is 4.60. The molecule has 1 aromatic heterocycles. The highest BCUT2D eigenvalue weighted by Gasteiger charge is 2.36. The summed E-state index contributed by atoms with van der Waals surface area (Å²) >= 11 is 0. The first-order valence-corrected chi connectivity index (χ1v) is 5.31. The van der Waals surface area contributed by atoms with Crippen molar-refractivity contribution >= 4 is 5.91 Å². The van der Waals surface area contributed by atoms with E-state index in [2.05, 4.69) is 24.1 Å². The van der Waals surface area contributed by atoms with Gasteiger partial charge in [0.1, 0.15) is 0 Å². The maximum Gasteiger partial charge on any atom is 0.220 e. The SMILES string of the molecule is CC(C)(c1ccccn1)C1CCC(=O)N1. The van der Waals surface area contributed by atoms with Crippen LogP contribution in [-0.2, 0) is 10.2 Å². The van der Waals surface area contributed by atoms with Gasteiger partial charge < -0.3 is 5.32 Å². The zero-order chi connectivity index (χ0) is 10.9. The molecule has 0 saturated carbocycles. The van der Waals surface area contributed by atoms with Crippen molar-refractivity contribution in [3.63, 3.8) is 0 Å². The molecule has 1 aromatic rings. The summed E-state index contributed by atoms with van der Waals surface area (Å²) in [5.74, 6) is 0.156. The van der Waals surface area contributed by atoms with Gasteiger partial charge in [0, 0.05) is 29.8 Å². The molecule has 1 N–H and O–H groups in total. The smallest absolute Gasteiger partial charge is 0.220 e. The van der Waals surface area contributed by atoms with Gasteiger partial charge in [-0.15, -0.1) is 0 Å². The lowest BCUT2D eigenvalue weighted by molar-refractivity contribution is -0.119. The molecule has 0 aliphatic carbocycles. The van der Waals surface area contributed by atoms with Crippen molar-refractivity contribution in [2.45, 2.75) is 38.1 Å². The standard InChI is InChI=1S/C12H16N2O/c1-12(2,9-5-3-4-8-13-9)10-6-7-11(15)14-10/h3-5,8,10H,6-7H2,1-2H3,(H,14,15). The van der Waals surface area contributed by atoms with Gasteiger partial charge in [-0.05, 0) is 18.6 Å². The van der Waals surface area contributed by atoms with Gasteiger partial charge in [0.2, 0.25) is 5.91 Å². The molecule has 1 aliphatic rings. The molecule has 0 aromatic carbocycles. The highest BCUT2D eigenvalue weighted by atomic mass is 16.1. The van der Waals surface area contributed by atoms with E-state index in [1.54, 1.807) is 6.20 Å². The van der Waals surface area contributed by atoms with Crippen LogP contribution in [0.15, 0.2) is 24.4 Å². The number of carbonyl (C=O) groups is 1. The first kappa shape index (κ1) is 10.1. The third-order valence-corrected chi connectivity index (χ3v) is 3.19. The Morgan fingerprint density at radius 1 is 1.47 bits per heavy atom. The van der Waals surface area contributed by atoms with Gasteiger partial charge in [-0.3, -0.25) is 9.78 Å². The number of carbonyl (C=O) groups excluding carboxylic acids is 1. The summed E-state index contributed by atoms with van der Waals surface area (Å²) in [6.45, 7) is 4.26. The van der Waals surface area contributed by atoms with E-state index in [0.717, 1.165) is 12.1 Å². The second-order valence-corrected chi connectivity index (χ2v) is 4.60. The molecular weight excluding hydrogens is 188 g/mol. The summed E-state index contributed by atoms with van der Waals surface area (Å²) in [5, 5.41) is 3.01. The first-order valence-electron chi connectivity index (χ1n) is 5.31. The molecule has 1 atom stereocenters. The second kappa shape index (κ2) is 3.65. The fraction of sp³-hybridized carbons (Fsp3) is 0.500. The van der Waals surface area contributed by atoms with E-state index in [1.165, 1.54) is 0 Å². The topological polar surface area (TPSA) is 42.0 Å². The van der Waals surface area contributed by atoms with Crippen LogP contribution in [0, 0.1) is 0 Å². The maximum atomic E-state index is 11.2. The molecule has 1 fully saturated rings. The molecule has 80 valence electrons. The van der Waals surface area contributed by atoms with Crippen LogP contribution in [0.25, 0.3) is 0 Å². The molecule has 1 aliphatic heterocycles. The van der Waals surface area contributed by atoms with Gasteiger partial charge in [-0.1, -0.05) is 19.9 Å². The third-order valence-electron chi connectivity index (χ3n) is 3.19. The number of amides is 1. The Kier molecular flexibility index (Phi) is 2.47. The van der Waals surface area contributed by atoms with Gasteiger partial charge in [-0.25, -0.2) is 0 Å². The maximum absolute atomic E-state index is 11.2. The lowest BCUT2D eigenvalue weighted by Crippen LogP contribution is -2.42. The summed E-state index contributed by atoms with van der Waals surface area (Å²) in [4.78, 5) is 15.6. The number of hydrogen-bond donors (Lipinski definition) is 1. The predicted octanol–water partition coefficient (Wildman–Crippen LogP) is 1.64. The number of nitrogens with one attached hydrogen (secondary N) is 1. The Morgan fingerprint density at radius 2 is 2.27 bits per heavy atom. The van der Waals surface area contributed by atoms with Gasteiger partial charge in [0.25, 0.3) is 0 Å². The Hall–Kier alpha value is -1.38. The van der Waals surface area contributed by atoms with Crippen molar-refractivity contribution in [2.24, 2.45) is 0 Å². The van der Waals surface area contributed by atoms with E-state index >= 15 is 0 Å². The van der Waals surface area contributed by atoms with Crippen molar-refractivity contribution in [3.8, 4) is 0 Å². The van der Waals surface area contributed by atoms with E-state index in [1.807, 2.05) is 18.2 Å². The minimum atomic E-state index is -0.0899. The van der Waals surface area contributed by atoms with Gasteiger partial charge in [0.15, 0.2) is 0 Å². The molecule has 0 bridgehead atoms. The lowest BCUT2D eigenvalue weighted by atomic mass is 9.80. The number of hydrogen-bond acceptors (Lipinski definition) is 2. The van der Waals surface area contributed by atoms with Crippen LogP contribution in [0.4, 0.5) is 0 Å². The van der Waals surface area contributed by atoms with E-state index in [4.69, 9.17) is 0 Å². The molecule has 1 amide bonds. The van der Waals surface area contributed by atoms with E-state index in [9.17, 15) is 4.79 Å². The first-order chi connectivity index (χ1) is 7.10. The Morgan fingerprint density at radius 3 is 2.80 bits per heavy atom. The minimum Gasteiger partial charge on any atom is -0.352 e. The lowest BCUT2D eigenvalue weighted by Gasteiger charge is -2.30. The molecule has 1 unspecified atom stereocenters. The van der Waals surface area contributed by atoms with Crippen LogP contribution in [0.2, 0.25) is 0 Å². The quantitative estimate of drug-likeness (QED) is 0.795. The molecule has 15 heavy (non-hydrogen) atoms. The number of pyridine rings is 1.